The highest BCUT2D eigenvalue weighted by Crippen LogP contribution is 2.28. The molecule has 2 unspecified atom stereocenters. The van der Waals surface area contributed by atoms with Crippen molar-refractivity contribution < 1.29 is 14.7 Å². The zero-order valence-electron chi connectivity index (χ0n) is 9.90. The van der Waals surface area contributed by atoms with Crippen LogP contribution < -0.4 is 5.32 Å². The Morgan fingerprint density at radius 3 is 2.62 bits per heavy atom. The molecule has 1 saturated carbocycles. The lowest BCUT2D eigenvalue weighted by Gasteiger charge is -2.15. The first-order chi connectivity index (χ1) is 7.47. The highest BCUT2D eigenvalue weighted by molar-refractivity contribution is 5.78. The molecule has 0 heterocycles. The van der Waals surface area contributed by atoms with E-state index in [1.807, 2.05) is 19.0 Å². The van der Waals surface area contributed by atoms with Crippen molar-refractivity contribution in [3.8, 4) is 0 Å². The zero-order valence-corrected chi connectivity index (χ0v) is 9.90. The molecule has 0 aromatic carbocycles. The van der Waals surface area contributed by atoms with Crippen molar-refractivity contribution in [1.82, 2.24) is 10.2 Å². The van der Waals surface area contributed by atoms with Crippen molar-refractivity contribution in [3.63, 3.8) is 0 Å². The molecule has 1 aliphatic carbocycles. The van der Waals surface area contributed by atoms with Crippen molar-refractivity contribution in [2.24, 2.45) is 5.92 Å². The summed E-state index contributed by atoms with van der Waals surface area (Å²) >= 11 is 0. The molecule has 0 aromatic heterocycles. The van der Waals surface area contributed by atoms with E-state index in [9.17, 15) is 9.59 Å². The molecule has 0 radical (unpaired) electrons. The summed E-state index contributed by atoms with van der Waals surface area (Å²) in [6.45, 7) is 0.389. The lowest BCUT2D eigenvalue weighted by Crippen LogP contribution is -2.38. The predicted molar refractivity (Wildman–Crippen MR) is 60.1 cm³/mol. The highest BCUT2D eigenvalue weighted by atomic mass is 16.4. The number of carboxylic acid groups (broad SMARTS) is 1. The largest absolute Gasteiger partial charge is 0.481 e. The molecule has 0 spiro atoms. The van der Waals surface area contributed by atoms with Crippen LogP contribution in [0.5, 0.6) is 0 Å². The Hall–Kier alpha value is -1.10. The van der Waals surface area contributed by atoms with Crippen LogP contribution in [0.25, 0.3) is 0 Å². The summed E-state index contributed by atoms with van der Waals surface area (Å²) in [5.74, 6) is -0.501. The Labute approximate surface area is 95.8 Å². The van der Waals surface area contributed by atoms with Gasteiger partial charge in [0.2, 0.25) is 5.91 Å². The number of carboxylic acids is 1. The van der Waals surface area contributed by atoms with Crippen LogP contribution in [0.2, 0.25) is 0 Å². The second-order valence-electron chi connectivity index (χ2n) is 4.78. The van der Waals surface area contributed by atoms with E-state index < -0.39 is 5.97 Å². The molecule has 0 aromatic rings. The first-order valence-electron chi connectivity index (χ1n) is 5.63. The zero-order chi connectivity index (χ0) is 12.1. The number of likely N-dealkylation sites (N-methyl/N-ethyl adjacent to an activating group) is 1. The van der Waals surface area contributed by atoms with E-state index >= 15 is 0 Å². The van der Waals surface area contributed by atoms with Crippen LogP contribution in [0.15, 0.2) is 0 Å². The molecule has 5 nitrogen and oxygen atoms in total. The topological polar surface area (TPSA) is 69.6 Å². The van der Waals surface area contributed by atoms with Gasteiger partial charge in [0.25, 0.3) is 0 Å². The average molecular weight is 228 g/mol. The number of hydrogen-bond acceptors (Lipinski definition) is 3. The van der Waals surface area contributed by atoms with E-state index in [4.69, 9.17) is 5.11 Å². The summed E-state index contributed by atoms with van der Waals surface area (Å²) in [6, 6.07) is 0.164. The second kappa shape index (κ2) is 5.84. The van der Waals surface area contributed by atoms with Gasteiger partial charge in [-0.3, -0.25) is 9.59 Å². The minimum Gasteiger partial charge on any atom is -0.481 e. The number of carbonyl (C=O) groups is 2. The molecule has 16 heavy (non-hydrogen) atoms. The molecule has 2 N–H and O–H groups in total. The fraction of sp³-hybridized carbons (Fsp3) is 0.818. The minimum atomic E-state index is -0.745. The molecule has 0 saturated heterocycles. The Morgan fingerprint density at radius 1 is 1.38 bits per heavy atom. The van der Waals surface area contributed by atoms with Gasteiger partial charge >= 0.3 is 5.97 Å². The standard InChI is InChI=1S/C11H20N2O3/c1-13(2)7-10(14)12-9-4-3-8(5-9)6-11(15)16/h8-9H,3-7H2,1-2H3,(H,12,14)(H,15,16). The van der Waals surface area contributed by atoms with E-state index in [1.165, 1.54) is 0 Å². The van der Waals surface area contributed by atoms with Gasteiger partial charge in [0.05, 0.1) is 6.54 Å². The summed E-state index contributed by atoms with van der Waals surface area (Å²) in [5.41, 5.74) is 0. The number of hydrogen-bond donors (Lipinski definition) is 2. The van der Waals surface area contributed by atoms with Crippen LogP contribution in [0, 0.1) is 5.92 Å². The maximum absolute atomic E-state index is 11.5. The molecule has 92 valence electrons. The Balaban J connectivity index is 2.25. The maximum Gasteiger partial charge on any atom is 0.303 e. The molecule has 1 fully saturated rings. The van der Waals surface area contributed by atoms with Crippen molar-refractivity contribution >= 4 is 11.9 Å². The number of nitrogens with one attached hydrogen (secondary N) is 1. The van der Waals surface area contributed by atoms with Gasteiger partial charge in [-0.25, -0.2) is 0 Å². The normalized spacial score (nSPS) is 24.7. The molecule has 0 bridgehead atoms. The van der Waals surface area contributed by atoms with Crippen molar-refractivity contribution in [2.75, 3.05) is 20.6 Å². The fourth-order valence-electron chi connectivity index (χ4n) is 2.20. The van der Waals surface area contributed by atoms with Gasteiger partial charge in [0.15, 0.2) is 0 Å². The monoisotopic (exact) mass is 228 g/mol. The third kappa shape index (κ3) is 4.61. The van der Waals surface area contributed by atoms with Gasteiger partial charge < -0.3 is 15.3 Å². The van der Waals surface area contributed by atoms with E-state index in [0.29, 0.717) is 6.54 Å². The van der Waals surface area contributed by atoms with E-state index in [0.717, 1.165) is 19.3 Å². The predicted octanol–water partition coefficient (Wildman–Crippen LogP) is 0.308. The van der Waals surface area contributed by atoms with Crippen LogP contribution in [-0.2, 0) is 9.59 Å². The van der Waals surface area contributed by atoms with E-state index in [2.05, 4.69) is 5.32 Å². The van der Waals surface area contributed by atoms with Gasteiger partial charge in [-0.05, 0) is 39.3 Å². The third-order valence-electron chi connectivity index (χ3n) is 2.83. The van der Waals surface area contributed by atoms with Crippen molar-refractivity contribution in [3.05, 3.63) is 0 Å². The van der Waals surface area contributed by atoms with Gasteiger partial charge in [-0.1, -0.05) is 0 Å². The van der Waals surface area contributed by atoms with Crippen molar-refractivity contribution in [1.29, 1.82) is 0 Å². The highest BCUT2D eigenvalue weighted by Gasteiger charge is 2.27. The minimum absolute atomic E-state index is 0.0194. The summed E-state index contributed by atoms with van der Waals surface area (Å²) in [7, 11) is 3.70. The van der Waals surface area contributed by atoms with Gasteiger partial charge in [-0.15, -0.1) is 0 Å². The molecule has 0 aliphatic heterocycles. The molecular formula is C11H20N2O3. The summed E-state index contributed by atoms with van der Waals surface area (Å²) in [6.07, 6.45) is 2.82. The molecular weight excluding hydrogens is 208 g/mol. The van der Waals surface area contributed by atoms with Crippen LogP contribution in [-0.4, -0.2) is 48.6 Å². The SMILES string of the molecule is CN(C)CC(=O)NC1CCC(CC(=O)O)C1. The summed E-state index contributed by atoms with van der Waals surface area (Å²) < 4.78 is 0. The lowest BCUT2D eigenvalue weighted by atomic mass is 10.0. The molecule has 1 aliphatic rings. The van der Waals surface area contributed by atoms with Gasteiger partial charge in [0.1, 0.15) is 0 Å². The maximum atomic E-state index is 11.5. The van der Waals surface area contributed by atoms with Crippen LogP contribution in [0.4, 0.5) is 0 Å². The quantitative estimate of drug-likeness (QED) is 0.710. The number of rotatable bonds is 5. The number of aliphatic carboxylic acids is 1. The van der Waals surface area contributed by atoms with Crippen molar-refractivity contribution in [2.45, 2.75) is 31.7 Å². The number of amides is 1. The smallest absolute Gasteiger partial charge is 0.303 e. The van der Waals surface area contributed by atoms with Crippen LogP contribution in [0.3, 0.4) is 0 Å². The van der Waals surface area contributed by atoms with E-state index in [-0.39, 0.29) is 24.3 Å². The fourth-order valence-corrected chi connectivity index (χ4v) is 2.20. The molecule has 1 amide bonds. The number of nitrogens with zero attached hydrogens (tertiary/aromatic N) is 1. The second-order valence-corrected chi connectivity index (χ2v) is 4.78. The number of carbonyl (C=O) groups excluding carboxylic acids is 1. The lowest BCUT2D eigenvalue weighted by molar-refractivity contribution is -0.138. The first-order valence-corrected chi connectivity index (χ1v) is 5.63. The average Bonchev–Trinajstić information content (AvgIpc) is 2.49. The third-order valence-corrected chi connectivity index (χ3v) is 2.83. The molecule has 5 heteroatoms. The van der Waals surface area contributed by atoms with Crippen LogP contribution in [0.1, 0.15) is 25.7 Å². The Kier molecular flexibility index (Phi) is 4.73. The van der Waals surface area contributed by atoms with Gasteiger partial charge in [0, 0.05) is 12.5 Å². The molecule has 1 rings (SSSR count). The van der Waals surface area contributed by atoms with E-state index in [1.54, 1.807) is 0 Å². The first kappa shape index (κ1) is 13.0. The molecule has 2 atom stereocenters. The Bertz CT molecular complexity index is 266. The Morgan fingerprint density at radius 2 is 2.06 bits per heavy atom. The van der Waals surface area contributed by atoms with Crippen LogP contribution >= 0.6 is 0 Å². The summed E-state index contributed by atoms with van der Waals surface area (Å²) in [5, 5.41) is 11.6. The van der Waals surface area contributed by atoms with Gasteiger partial charge in [-0.2, -0.15) is 0 Å². The summed E-state index contributed by atoms with van der Waals surface area (Å²) in [4.78, 5) is 23.8.